The van der Waals surface area contributed by atoms with Crippen LogP contribution in [-0.4, -0.2) is 35.6 Å². The minimum atomic E-state index is 0.0287. The normalized spacial score (nSPS) is 19.1. The number of nitrogens with one attached hydrogen (secondary N) is 1. The Morgan fingerprint density at radius 2 is 2.14 bits per heavy atom. The molecular formula is C16H20N2O2S. The van der Waals surface area contributed by atoms with Crippen LogP contribution in [0.5, 0.6) is 0 Å². The van der Waals surface area contributed by atoms with Crippen LogP contribution in [0.15, 0.2) is 23.1 Å². The summed E-state index contributed by atoms with van der Waals surface area (Å²) in [6.07, 6.45) is 2.62. The van der Waals surface area contributed by atoms with E-state index in [0.717, 1.165) is 48.0 Å². The maximum Gasteiger partial charge on any atom is 0.234 e. The van der Waals surface area contributed by atoms with Crippen molar-refractivity contribution in [1.29, 1.82) is 0 Å². The Balaban J connectivity index is 1.66. The fraction of sp³-hybridized carbons (Fsp3) is 0.500. The van der Waals surface area contributed by atoms with Gasteiger partial charge in [-0.25, -0.2) is 0 Å². The van der Waals surface area contributed by atoms with Gasteiger partial charge in [-0.3, -0.25) is 9.59 Å². The molecule has 5 heteroatoms. The minimum absolute atomic E-state index is 0.0287. The Labute approximate surface area is 129 Å². The van der Waals surface area contributed by atoms with Crippen LogP contribution < -0.4 is 5.32 Å². The van der Waals surface area contributed by atoms with Crippen LogP contribution >= 0.6 is 11.8 Å². The molecule has 3 rings (SSSR count). The molecule has 4 nitrogen and oxygen atoms in total. The van der Waals surface area contributed by atoms with Gasteiger partial charge in [-0.2, -0.15) is 0 Å². The lowest BCUT2D eigenvalue weighted by molar-refractivity contribution is -0.131. The van der Waals surface area contributed by atoms with Gasteiger partial charge in [0.2, 0.25) is 11.8 Å². The van der Waals surface area contributed by atoms with E-state index in [0.29, 0.717) is 12.2 Å². The molecule has 1 aromatic carbocycles. The van der Waals surface area contributed by atoms with Crippen molar-refractivity contribution in [2.24, 2.45) is 5.92 Å². The topological polar surface area (TPSA) is 49.4 Å². The summed E-state index contributed by atoms with van der Waals surface area (Å²) < 4.78 is 0. The summed E-state index contributed by atoms with van der Waals surface area (Å²) in [6.45, 7) is 3.99. The largest absolute Gasteiger partial charge is 0.342 e. The van der Waals surface area contributed by atoms with Crippen LogP contribution in [0.1, 0.15) is 25.3 Å². The Bertz CT molecular complexity index is 565. The Hall–Kier alpha value is -1.49. The number of anilines is 1. The number of carbonyl (C=O) groups excluding carboxylic acids is 2. The molecule has 1 aromatic rings. The highest BCUT2D eigenvalue weighted by atomic mass is 32.2. The third-order valence-corrected chi connectivity index (χ3v) is 5.24. The highest BCUT2D eigenvalue weighted by Crippen LogP contribution is 2.32. The van der Waals surface area contributed by atoms with Gasteiger partial charge >= 0.3 is 0 Å². The number of fused-ring (bicyclic) bond motifs is 1. The number of nitrogens with zero attached hydrogens (tertiary/aromatic N) is 1. The molecule has 0 aromatic heterocycles. The SMILES string of the molecule is CC1CCN(C(=O)Cc2ccc3c(c2)NC(=O)CS3)CC1. The molecule has 0 saturated carbocycles. The van der Waals surface area contributed by atoms with Crippen LogP contribution in [0, 0.1) is 5.92 Å². The predicted octanol–water partition coefficient (Wildman–Crippen LogP) is 2.53. The van der Waals surface area contributed by atoms with Gasteiger partial charge in [0.1, 0.15) is 0 Å². The first-order valence-electron chi connectivity index (χ1n) is 7.45. The van der Waals surface area contributed by atoms with Gasteiger partial charge in [0, 0.05) is 18.0 Å². The maximum absolute atomic E-state index is 12.3. The first kappa shape index (κ1) is 14.4. The number of hydrogen-bond acceptors (Lipinski definition) is 3. The molecule has 0 aliphatic carbocycles. The summed E-state index contributed by atoms with van der Waals surface area (Å²) >= 11 is 1.55. The molecule has 2 aliphatic heterocycles. The predicted molar refractivity (Wildman–Crippen MR) is 84.5 cm³/mol. The molecule has 2 amide bonds. The molecule has 0 unspecified atom stereocenters. The molecule has 2 heterocycles. The lowest BCUT2D eigenvalue weighted by atomic mass is 9.98. The van der Waals surface area contributed by atoms with Gasteiger partial charge in [-0.1, -0.05) is 13.0 Å². The third kappa shape index (κ3) is 3.40. The Morgan fingerprint density at radius 1 is 1.38 bits per heavy atom. The zero-order chi connectivity index (χ0) is 14.8. The summed E-state index contributed by atoms with van der Waals surface area (Å²) in [6, 6.07) is 5.93. The van der Waals surface area contributed by atoms with E-state index >= 15 is 0 Å². The number of likely N-dealkylation sites (tertiary alicyclic amines) is 1. The fourth-order valence-electron chi connectivity index (χ4n) is 2.78. The maximum atomic E-state index is 12.3. The van der Waals surface area contributed by atoms with E-state index in [4.69, 9.17) is 0 Å². The summed E-state index contributed by atoms with van der Waals surface area (Å²) in [5.74, 6) is 1.42. The van der Waals surface area contributed by atoms with Crippen molar-refractivity contribution >= 4 is 29.3 Å². The molecule has 112 valence electrons. The lowest BCUT2D eigenvalue weighted by Gasteiger charge is -2.30. The number of thioether (sulfide) groups is 1. The number of benzene rings is 1. The van der Waals surface area contributed by atoms with E-state index in [2.05, 4.69) is 12.2 Å². The zero-order valence-corrected chi connectivity index (χ0v) is 13.0. The van der Waals surface area contributed by atoms with E-state index in [1.54, 1.807) is 11.8 Å². The number of piperidine rings is 1. The van der Waals surface area contributed by atoms with Gasteiger partial charge < -0.3 is 10.2 Å². The van der Waals surface area contributed by atoms with Crippen LogP contribution in [-0.2, 0) is 16.0 Å². The summed E-state index contributed by atoms with van der Waals surface area (Å²) in [7, 11) is 0. The van der Waals surface area contributed by atoms with Gasteiger partial charge in [-0.15, -0.1) is 11.8 Å². The van der Waals surface area contributed by atoms with Gasteiger partial charge in [0.15, 0.2) is 0 Å². The van der Waals surface area contributed by atoms with E-state index in [1.807, 2.05) is 23.1 Å². The third-order valence-electron chi connectivity index (χ3n) is 4.17. The molecule has 0 atom stereocenters. The van der Waals surface area contributed by atoms with E-state index in [1.165, 1.54) is 0 Å². The highest BCUT2D eigenvalue weighted by molar-refractivity contribution is 8.00. The number of hydrogen-bond donors (Lipinski definition) is 1. The smallest absolute Gasteiger partial charge is 0.234 e. The highest BCUT2D eigenvalue weighted by Gasteiger charge is 2.21. The summed E-state index contributed by atoms with van der Waals surface area (Å²) in [4.78, 5) is 26.8. The number of carbonyl (C=O) groups is 2. The monoisotopic (exact) mass is 304 g/mol. The molecule has 0 spiro atoms. The van der Waals surface area contributed by atoms with Gasteiger partial charge in [0.25, 0.3) is 0 Å². The van der Waals surface area contributed by atoms with Crippen LogP contribution in [0.3, 0.4) is 0 Å². The van der Waals surface area contributed by atoms with Gasteiger partial charge in [-0.05, 0) is 36.5 Å². The van der Waals surface area contributed by atoms with Crippen molar-refractivity contribution in [1.82, 2.24) is 4.90 Å². The average molecular weight is 304 g/mol. The average Bonchev–Trinajstić information content (AvgIpc) is 2.47. The molecule has 2 aliphatic rings. The molecule has 0 bridgehead atoms. The van der Waals surface area contributed by atoms with Crippen molar-refractivity contribution in [3.05, 3.63) is 23.8 Å². The van der Waals surface area contributed by atoms with Crippen molar-refractivity contribution in [3.63, 3.8) is 0 Å². The molecule has 21 heavy (non-hydrogen) atoms. The summed E-state index contributed by atoms with van der Waals surface area (Å²) in [5, 5.41) is 2.87. The first-order chi connectivity index (χ1) is 10.1. The Kier molecular flexibility index (Phi) is 4.19. The summed E-state index contributed by atoms with van der Waals surface area (Å²) in [5.41, 5.74) is 1.81. The molecule has 1 N–H and O–H groups in total. The fourth-order valence-corrected chi connectivity index (χ4v) is 3.57. The minimum Gasteiger partial charge on any atom is -0.342 e. The Morgan fingerprint density at radius 3 is 2.90 bits per heavy atom. The van der Waals surface area contributed by atoms with Crippen molar-refractivity contribution in [2.75, 3.05) is 24.2 Å². The molecule has 1 saturated heterocycles. The second-order valence-corrected chi connectivity index (χ2v) is 6.92. The first-order valence-corrected chi connectivity index (χ1v) is 8.44. The van der Waals surface area contributed by atoms with Crippen molar-refractivity contribution in [2.45, 2.75) is 31.1 Å². The quantitative estimate of drug-likeness (QED) is 0.913. The van der Waals surface area contributed by atoms with E-state index in [-0.39, 0.29) is 11.8 Å². The standard InChI is InChI=1S/C16H20N2O2S/c1-11-4-6-18(7-5-11)16(20)9-12-2-3-14-13(8-12)17-15(19)10-21-14/h2-3,8,11H,4-7,9-10H2,1H3,(H,17,19). The lowest BCUT2D eigenvalue weighted by Crippen LogP contribution is -2.38. The molecule has 1 fully saturated rings. The van der Waals surface area contributed by atoms with Crippen molar-refractivity contribution in [3.8, 4) is 0 Å². The van der Waals surface area contributed by atoms with Crippen LogP contribution in [0.4, 0.5) is 5.69 Å². The van der Waals surface area contributed by atoms with Crippen LogP contribution in [0.25, 0.3) is 0 Å². The second-order valence-electron chi connectivity index (χ2n) is 5.91. The van der Waals surface area contributed by atoms with E-state index < -0.39 is 0 Å². The zero-order valence-electron chi connectivity index (χ0n) is 12.2. The number of rotatable bonds is 2. The van der Waals surface area contributed by atoms with Crippen molar-refractivity contribution < 1.29 is 9.59 Å². The second kappa shape index (κ2) is 6.10. The number of amides is 2. The van der Waals surface area contributed by atoms with Gasteiger partial charge in [0.05, 0.1) is 17.9 Å². The molecule has 0 radical (unpaired) electrons. The van der Waals surface area contributed by atoms with E-state index in [9.17, 15) is 9.59 Å². The van der Waals surface area contributed by atoms with Crippen LogP contribution in [0.2, 0.25) is 0 Å². The molecular weight excluding hydrogens is 284 g/mol.